The van der Waals surface area contributed by atoms with Gasteiger partial charge in [0.15, 0.2) is 0 Å². The summed E-state index contributed by atoms with van der Waals surface area (Å²) < 4.78 is 24.6. The van der Waals surface area contributed by atoms with E-state index >= 15 is 0 Å². The summed E-state index contributed by atoms with van der Waals surface area (Å²) >= 11 is 0. The standard InChI is InChI=1S/C11H24N2O2S/c1-11(2,3)9-12-8-10-6-5-7-13(10)16(4,14)15/h10,12H,5-9H2,1-4H3/t10-/m1/s1. The molecule has 0 spiro atoms. The highest BCUT2D eigenvalue weighted by atomic mass is 32.2. The molecule has 16 heavy (non-hydrogen) atoms. The summed E-state index contributed by atoms with van der Waals surface area (Å²) in [6.07, 6.45) is 3.26. The van der Waals surface area contributed by atoms with Crippen LogP contribution in [-0.2, 0) is 10.0 Å². The van der Waals surface area contributed by atoms with Crippen LogP contribution in [0.4, 0.5) is 0 Å². The maximum atomic E-state index is 11.5. The first kappa shape index (κ1) is 13.9. The van der Waals surface area contributed by atoms with E-state index in [1.54, 1.807) is 4.31 Å². The van der Waals surface area contributed by atoms with Gasteiger partial charge >= 0.3 is 0 Å². The summed E-state index contributed by atoms with van der Waals surface area (Å²) in [5.41, 5.74) is 0.245. The number of nitrogens with zero attached hydrogens (tertiary/aromatic N) is 1. The molecule has 0 amide bonds. The van der Waals surface area contributed by atoms with E-state index < -0.39 is 10.0 Å². The minimum Gasteiger partial charge on any atom is -0.315 e. The molecule has 4 nitrogen and oxygen atoms in total. The fourth-order valence-electron chi connectivity index (χ4n) is 2.06. The molecule has 1 aliphatic heterocycles. The molecule has 0 bridgehead atoms. The minimum absolute atomic E-state index is 0.150. The zero-order chi connectivity index (χ0) is 12.4. The molecular formula is C11H24N2O2S. The molecule has 0 aromatic carbocycles. The molecule has 1 saturated heterocycles. The number of nitrogens with one attached hydrogen (secondary N) is 1. The van der Waals surface area contributed by atoms with Crippen molar-refractivity contribution in [2.45, 2.75) is 39.7 Å². The smallest absolute Gasteiger partial charge is 0.211 e. The molecule has 0 aliphatic carbocycles. The van der Waals surface area contributed by atoms with Crippen molar-refractivity contribution in [3.63, 3.8) is 0 Å². The van der Waals surface area contributed by atoms with Gasteiger partial charge in [0.25, 0.3) is 0 Å². The van der Waals surface area contributed by atoms with Gasteiger partial charge in [0.05, 0.1) is 6.26 Å². The van der Waals surface area contributed by atoms with Gasteiger partial charge in [-0.25, -0.2) is 8.42 Å². The fraction of sp³-hybridized carbons (Fsp3) is 1.00. The molecule has 1 heterocycles. The summed E-state index contributed by atoms with van der Waals surface area (Å²) in [6.45, 7) is 8.88. The van der Waals surface area contributed by atoms with Crippen molar-refractivity contribution in [1.82, 2.24) is 9.62 Å². The van der Waals surface area contributed by atoms with Crippen LogP contribution in [0, 0.1) is 5.41 Å². The lowest BCUT2D eigenvalue weighted by atomic mass is 9.97. The number of hydrogen-bond donors (Lipinski definition) is 1. The Balaban J connectivity index is 2.43. The molecule has 1 aliphatic rings. The van der Waals surface area contributed by atoms with E-state index in [2.05, 4.69) is 26.1 Å². The summed E-state index contributed by atoms with van der Waals surface area (Å²) in [6, 6.07) is 0.150. The summed E-state index contributed by atoms with van der Waals surface area (Å²) in [5, 5.41) is 3.36. The van der Waals surface area contributed by atoms with E-state index in [1.807, 2.05) is 0 Å². The molecule has 0 radical (unpaired) electrons. The zero-order valence-electron chi connectivity index (χ0n) is 10.8. The second kappa shape index (κ2) is 5.02. The lowest BCUT2D eigenvalue weighted by Gasteiger charge is -2.25. The Bertz CT molecular complexity index is 319. The quantitative estimate of drug-likeness (QED) is 0.809. The molecule has 1 atom stereocenters. The van der Waals surface area contributed by atoms with Crippen LogP contribution in [0.3, 0.4) is 0 Å². The molecule has 0 saturated carbocycles. The third-order valence-electron chi connectivity index (χ3n) is 2.78. The van der Waals surface area contributed by atoms with Gasteiger partial charge in [0, 0.05) is 25.7 Å². The molecule has 96 valence electrons. The lowest BCUT2D eigenvalue weighted by molar-refractivity contribution is 0.333. The molecule has 1 N–H and O–H groups in total. The van der Waals surface area contributed by atoms with Crippen molar-refractivity contribution >= 4 is 10.0 Å². The number of sulfonamides is 1. The van der Waals surface area contributed by atoms with Crippen LogP contribution in [0.25, 0.3) is 0 Å². The molecule has 0 unspecified atom stereocenters. The van der Waals surface area contributed by atoms with Crippen LogP contribution >= 0.6 is 0 Å². The van der Waals surface area contributed by atoms with E-state index in [1.165, 1.54) is 6.26 Å². The molecule has 5 heteroatoms. The van der Waals surface area contributed by atoms with E-state index in [0.717, 1.165) is 25.9 Å². The number of rotatable bonds is 4. The monoisotopic (exact) mass is 248 g/mol. The Morgan fingerprint density at radius 1 is 1.38 bits per heavy atom. The lowest BCUT2D eigenvalue weighted by Crippen LogP contribution is -2.42. The molecule has 1 fully saturated rings. The topological polar surface area (TPSA) is 49.4 Å². The Morgan fingerprint density at radius 3 is 2.50 bits per heavy atom. The molecular weight excluding hydrogens is 224 g/mol. The molecule has 1 rings (SSSR count). The SMILES string of the molecule is CC(C)(C)CNC[C@H]1CCCN1S(C)(=O)=O. The fourth-order valence-corrected chi connectivity index (χ4v) is 3.25. The highest BCUT2D eigenvalue weighted by molar-refractivity contribution is 7.88. The average Bonchev–Trinajstić information content (AvgIpc) is 2.48. The van der Waals surface area contributed by atoms with Crippen LogP contribution in [0.15, 0.2) is 0 Å². The maximum Gasteiger partial charge on any atom is 0.211 e. The molecule has 0 aromatic rings. The van der Waals surface area contributed by atoms with Gasteiger partial charge in [-0.05, 0) is 18.3 Å². The van der Waals surface area contributed by atoms with E-state index in [4.69, 9.17) is 0 Å². The van der Waals surface area contributed by atoms with Crippen LogP contribution in [0.1, 0.15) is 33.6 Å². The normalized spacial score (nSPS) is 23.9. The van der Waals surface area contributed by atoms with Gasteiger partial charge in [-0.2, -0.15) is 4.31 Å². The Labute approximate surface area is 99.5 Å². The summed E-state index contributed by atoms with van der Waals surface area (Å²) in [4.78, 5) is 0. The van der Waals surface area contributed by atoms with Crippen molar-refractivity contribution in [2.75, 3.05) is 25.9 Å². The predicted molar refractivity (Wildman–Crippen MR) is 66.9 cm³/mol. The minimum atomic E-state index is -3.02. The van der Waals surface area contributed by atoms with Gasteiger partial charge < -0.3 is 5.32 Å². The van der Waals surface area contributed by atoms with Crippen LogP contribution in [0.2, 0.25) is 0 Å². The van der Waals surface area contributed by atoms with Crippen molar-refractivity contribution in [1.29, 1.82) is 0 Å². The van der Waals surface area contributed by atoms with Crippen molar-refractivity contribution in [2.24, 2.45) is 5.41 Å². The van der Waals surface area contributed by atoms with E-state index in [9.17, 15) is 8.42 Å². The second-order valence-corrected chi connectivity index (χ2v) is 7.80. The van der Waals surface area contributed by atoms with Crippen LogP contribution in [0.5, 0.6) is 0 Å². The van der Waals surface area contributed by atoms with Crippen LogP contribution in [-0.4, -0.2) is 44.7 Å². The first-order valence-corrected chi connectivity index (χ1v) is 7.72. The van der Waals surface area contributed by atoms with Gasteiger partial charge in [-0.1, -0.05) is 20.8 Å². The third-order valence-corrected chi connectivity index (χ3v) is 4.12. The number of hydrogen-bond acceptors (Lipinski definition) is 3. The first-order valence-electron chi connectivity index (χ1n) is 5.88. The Morgan fingerprint density at radius 2 is 2.00 bits per heavy atom. The average molecular weight is 248 g/mol. The van der Waals surface area contributed by atoms with E-state index in [0.29, 0.717) is 6.54 Å². The Kier molecular flexibility index (Phi) is 4.37. The highest BCUT2D eigenvalue weighted by Crippen LogP contribution is 2.20. The van der Waals surface area contributed by atoms with Gasteiger partial charge in [0.1, 0.15) is 0 Å². The second-order valence-electron chi connectivity index (χ2n) is 5.86. The van der Waals surface area contributed by atoms with E-state index in [-0.39, 0.29) is 11.5 Å². The first-order chi connectivity index (χ1) is 7.20. The van der Waals surface area contributed by atoms with Crippen molar-refractivity contribution < 1.29 is 8.42 Å². The third kappa shape index (κ3) is 4.39. The van der Waals surface area contributed by atoms with Crippen molar-refractivity contribution in [3.8, 4) is 0 Å². The van der Waals surface area contributed by atoms with Crippen LogP contribution < -0.4 is 5.32 Å². The van der Waals surface area contributed by atoms with Gasteiger partial charge in [0.2, 0.25) is 10.0 Å². The summed E-state index contributed by atoms with van der Waals surface area (Å²) in [5.74, 6) is 0. The highest BCUT2D eigenvalue weighted by Gasteiger charge is 2.30. The van der Waals surface area contributed by atoms with Gasteiger partial charge in [-0.3, -0.25) is 0 Å². The predicted octanol–water partition coefficient (Wildman–Crippen LogP) is 1.05. The van der Waals surface area contributed by atoms with Crippen molar-refractivity contribution in [3.05, 3.63) is 0 Å². The largest absolute Gasteiger partial charge is 0.315 e. The molecule has 0 aromatic heterocycles. The van der Waals surface area contributed by atoms with Gasteiger partial charge in [-0.15, -0.1) is 0 Å². The maximum absolute atomic E-state index is 11.5. The zero-order valence-corrected chi connectivity index (χ0v) is 11.6. The summed E-state index contributed by atoms with van der Waals surface area (Å²) in [7, 11) is -3.02. The Hall–Kier alpha value is -0.130.